The van der Waals surface area contributed by atoms with Crippen LogP contribution in [0.5, 0.6) is 0 Å². The first-order valence-corrected chi connectivity index (χ1v) is 15.2. The van der Waals surface area contributed by atoms with E-state index in [1.807, 2.05) is 11.8 Å². The van der Waals surface area contributed by atoms with Gasteiger partial charge in [0.05, 0.1) is 6.16 Å². The molecule has 4 nitrogen and oxygen atoms in total. The van der Waals surface area contributed by atoms with Gasteiger partial charge in [-0.05, 0) is 89.0 Å². The van der Waals surface area contributed by atoms with Crippen LogP contribution in [-0.2, 0) is 16.5 Å². The Morgan fingerprint density at radius 3 is 2.47 bits per heavy atom. The summed E-state index contributed by atoms with van der Waals surface area (Å²) in [6.07, 6.45) is 9.62. The van der Waals surface area contributed by atoms with Crippen molar-refractivity contribution in [3.8, 4) is 0 Å². The topological polar surface area (TPSA) is 69.6 Å². The van der Waals surface area contributed by atoms with E-state index in [-0.39, 0.29) is 6.16 Å². The van der Waals surface area contributed by atoms with Gasteiger partial charge in [0.2, 0.25) is 0 Å². The van der Waals surface area contributed by atoms with E-state index in [0.29, 0.717) is 24.9 Å². The van der Waals surface area contributed by atoms with Crippen LogP contribution in [0.15, 0.2) is 57.9 Å². The van der Waals surface area contributed by atoms with Crippen LogP contribution in [0.25, 0.3) is 0 Å². The second-order valence-electron chi connectivity index (χ2n) is 8.84. The van der Waals surface area contributed by atoms with Crippen molar-refractivity contribution in [3.63, 3.8) is 0 Å². The minimum Gasteiger partial charge on any atom is -0.324 e. The predicted octanol–water partition coefficient (Wildman–Crippen LogP) is 6.88. The molecule has 2 aromatic carbocycles. The fraction of sp³-hybridized carbons (Fsp3) is 0.520. The fourth-order valence-electron chi connectivity index (χ4n) is 4.69. The number of hydrogen-bond acceptors (Lipinski definition) is 3. The SMILES string of the molecule is O=P(O)(O)CCCNCc1ccc(SCCCCC2(c3ccccc3)CCCC2)c(Br)c1. The zero-order valence-electron chi connectivity index (χ0n) is 18.6. The molecule has 0 atom stereocenters. The Balaban J connectivity index is 1.38. The maximum absolute atomic E-state index is 10.9. The zero-order chi connectivity index (χ0) is 22.9. The average molecular weight is 541 g/mol. The van der Waals surface area contributed by atoms with E-state index in [2.05, 4.69) is 69.8 Å². The Morgan fingerprint density at radius 2 is 1.78 bits per heavy atom. The first-order valence-electron chi connectivity index (χ1n) is 11.6. The van der Waals surface area contributed by atoms with Crippen LogP contribution in [0.2, 0.25) is 0 Å². The molecule has 176 valence electrons. The largest absolute Gasteiger partial charge is 0.325 e. The maximum Gasteiger partial charge on any atom is 0.325 e. The molecule has 1 aliphatic rings. The molecule has 32 heavy (non-hydrogen) atoms. The molecular formula is C25H35BrNO3PS. The molecule has 7 heteroatoms. The van der Waals surface area contributed by atoms with E-state index in [9.17, 15) is 4.57 Å². The number of halogens is 1. The van der Waals surface area contributed by atoms with E-state index in [1.165, 1.54) is 55.4 Å². The monoisotopic (exact) mass is 539 g/mol. The summed E-state index contributed by atoms with van der Waals surface area (Å²) >= 11 is 5.62. The highest BCUT2D eigenvalue weighted by atomic mass is 79.9. The maximum atomic E-state index is 10.9. The highest BCUT2D eigenvalue weighted by molar-refractivity contribution is 9.10. The van der Waals surface area contributed by atoms with Crippen molar-refractivity contribution < 1.29 is 14.4 Å². The lowest BCUT2D eigenvalue weighted by molar-refractivity contribution is 0.371. The van der Waals surface area contributed by atoms with Crippen molar-refractivity contribution in [1.29, 1.82) is 0 Å². The summed E-state index contributed by atoms with van der Waals surface area (Å²) in [7, 11) is -3.88. The average Bonchev–Trinajstić information content (AvgIpc) is 3.24. The van der Waals surface area contributed by atoms with Crippen molar-refractivity contribution in [2.75, 3.05) is 18.5 Å². The highest BCUT2D eigenvalue weighted by Crippen LogP contribution is 2.45. The molecule has 2 aromatic rings. The minimum absolute atomic E-state index is 0.0637. The normalized spacial score (nSPS) is 15.8. The third-order valence-corrected chi connectivity index (χ3v) is 9.36. The third-order valence-electron chi connectivity index (χ3n) is 6.38. The van der Waals surface area contributed by atoms with Gasteiger partial charge in [-0.25, -0.2) is 0 Å². The van der Waals surface area contributed by atoms with Gasteiger partial charge >= 0.3 is 7.60 Å². The predicted molar refractivity (Wildman–Crippen MR) is 139 cm³/mol. The Kier molecular flexibility index (Phi) is 10.3. The molecule has 3 rings (SSSR count). The lowest BCUT2D eigenvalue weighted by Crippen LogP contribution is -2.21. The standard InChI is InChI=1S/C25H35BrNO3PS/c26-23-19-21(20-27-16-8-17-31(28,29)30)11-12-24(23)32-18-7-6-15-25(13-4-5-14-25)22-9-2-1-3-10-22/h1-3,9-12,19,27H,4-8,13-18,20H2,(H2,28,29,30). The lowest BCUT2D eigenvalue weighted by atomic mass is 9.75. The Labute approximate surface area is 205 Å². The summed E-state index contributed by atoms with van der Waals surface area (Å²) in [5, 5.41) is 3.25. The quantitative estimate of drug-likeness (QED) is 0.147. The molecule has 0 bridgehead atoms. The summed E-state index contributed by atoms with van der Waals surface area (Å²) in [6.45, 7) is 1.30. The number of unbranched alkanes of at least 4 members (excludes halogenated alkanes) is 1. The fourth-order valence-corrected chi connectivity index (χ4v) is 6.96. The summed E-state index contributed by atoms with van der Waals surface area (Å²) < 4.78 is 12.0. The van der Waals surface area contributed by atoms with Crippen LogP contribution in [0.3, 0.4) is 0 Å². The number of rotatable bonds is 13. The first kappa shape index (κ1) is 26.0. The van der Waals surface area contributed by atoms with Crippen molar-refractivity contribution in [2.45, 2.75) is 68.2 Å². The second-order valence-corrected chi connectivity index (χ2v) is 12.6. The smallest absolute Gasteiger partial charge is 0.324 e. The van der Waals surface area contributed by atoms with E-state index < -0.39 is 7.60 Å². The Bertz CT molecular complexity index is 884. The van der Waals surface area contributed by atoms with Crippen LogP contribution < -0.4 is 5.32 Å². The Hall–Kier alpha value is -0.620. The molecule has 0 unspecified atom stereocenters. The molecule has 0 aliphatic heterocycles. The summed E-state index contributed by atoms with van der Waals surface area (Å²) in [5.41, 5.74) is 3.12. The summed E-state index contributed by atoms with van der Waals surface area (Å²) in [4.78, 5) is 19.1. The third kappa shape index (κ3) is 8.30. The van der Waals surface area contributed by atoms with Crippen LogP contribution in [-0.4, -0.2) is 28.2 Å². The molecule has 0 aromatic heterocycles. The number of thioether (sulfide) groups is 1. The van der Waals surface area contributed by atoms with Crippen LogP contribution in [0.4, 0.5) is 0 Å². The van der Waals surface area contributed by atoms with Gasteiger partial charge in [0, 0.05) is 15.9 Å². The van der Waals surface area contributed by atoms with Gasteiger partial charge < -0.3 is 15.1 Å². The van der Waals surface area contributed by atoms with E-state index in [1.54, 1.807) is 5.56 Å². The van der Waals surface area contributed by atoms with Crippen LogP contribution >= 0.6 is 35.3 Å². The molecule has 3 N–H and O–H groups in total. The summed E-state index contributed by atoms with van der Waals surface area (Å²) in [5.74, 6) is 1.13. The van der Waals surface area contributed by atoms with Crippen molar-refractivity contribution in [1.82, 2.24) is 5.32 Å². The van der Waals surface area contributed by atoms with Crippen LogP contribution in [0, 0.1) is 0 Å². The first-order chi connectivity index (χ1) is 15.4. The minimum atomic E-state index is -3.88. The van der Waals surface area contributed by atoms with Crippen molar-refractivity contribution in [2.24, 2.45) is 0 Å². The van der Waals surface area contributed by atoms with Gasteiger partial charge in [0.1, 0.15) is 0 Å². The molecule has 0 spiro atoms. The molecule has 0 heterocycles. The molecule has 1 fully saturated rings. The van der Waals surface area contributed by atoms with E-state index in [4.69, 9.17) is 9.79 Å². The molecule has 1 saturated carbocycles. The van der Waals surface area contributed by atoms with Gasteiger partial charge in [0.15, 0.2) is 0 Å². The Morgan fingerprint density at radius 1 is 1.03 bits per heavy atom. The van der Waals surface area contributed by atoms with Gasteiger partial charge in [-0.3, -0.25) is 4.57 Å². The highest BCUT2D eigenvalue weighted by Gasteiger charge is 2.34. The van der Waals surface area contributed by atoms with E-state index in [0.717, 1.165) is 10.2 Å². The number of nitrogens with one attached hydrogen (secondary N) is 1. The van der Waals surface area contributed by atoms with Gasteiger partial charge in [-0.1, -0.05) is 55.7 Å². The van der Waals surface area contributed by atoms with Crippen LogP contribution in [0.1, 0.15) is 62.5 Å². The lowest BCUT2D eigenvalue weighted by Gasteiger charge is -2.30. The molecular weight excluding hydrogens is 505 g/mol. The number of hydrogen-bond donors (Lipinski definition) is 3. The number of benzene rings is 2. The van der Waals surface area contributed by atoms with Crippen molar-refractivity contribution >= 4 is 35.3 Å². The molecule has 0 amide bonds. The van der Waals surface area contributed by atoms with Gasteiger partial charge in [-0.15, -0.1) is 11.8 Å². The molecule has 0 radical (unpaired) electrons. The molecule has 0 saturated heterocycles. The summed E-state index contributed by atoms with van der Waals surface area (Å²) in [6, 6.07) is 17.6. The second kappa shape index (κ2) is 12.7. The zero-order valence-corrected chi connectivity index (χ0v) is 21.9. The van der Waals surface area contributed by atoms with Gasteiger partial charge in [0.25, 0.3) is 0 Å². The van der Waals surface area contributed by atoms with Gasteiger partial charge in [-0.2, -0.15) is 0 Å². The van der Waals surface area contributed by atoms with E-state index >= 15 is 0 Å². The van der Waals surface area contributed by atoms with Crippen molar-refractivity contribution in [3.05, 3.63) is 64.1 Å². The molecule has 1 aliphatic carbocycles.